The zero-order valence-electron chi connectivity index (χ0n) is 10.8. The monoisotopic (exact) mass is 324 g/mol. The molecule has 0 saturated carbocycles. The van der Waals surface area contributed by atoms with Gasteiger partial charge >= 0.3 is 0 Å². The number of hydrogen-bond donors (Lipinski definition) is 1. The summed E-state index contributed by atoms with van der Waals surface area (Å²) in [5.74, 6) is -0.823. The van der Waals surface area contributed by atoms with Crippen LogP contribution in [0.3, 0.4) is 0 Å². The fourth-order valence-electron chi connectivity index (χ4n) is 2.20. The number of halogens is 3. The fourth-order valence-corrected chi connectivity index (χ4v) is 3.47. The van der Waals surface area contributed by atoms with E-state index < -0.39 is 11.9 Å². The summed E-state index contributed by atoms with van der Waals surface area (Å²) in [7, 11) is 0. The van der Waals surface area contributed by atoms with Gasteiger partial charge in [0.05, 0.1) is 11.1 Å². The molecule has 0 aliphatic rings. The highest BCUT2D eigenvalue weighted by molar-refractivity contribution is 7.19. The Morgan fingerprint density at radius 3 is 2.76 bits per heavy atom. The van der Waals surface area contributed by atoms with Gasteiger partial charge in [-0.1, -0.05) is 29.8 Å². The van der Waals surface area contributed by atoms with E-state index in [2.05, 4.69) is 0 Å². The normalized spacial score (nSPS) is 12.8. The average Bonchev–Trinajstić information content (AvgIpc) is 2.87. The zero-order valence-corrected chi connectivity index (χ0v) is 12.4. The molecule has 0 saturated heterocycles. The van der Waals surface area contributed by atoms with E-state index in [0.717, 1.165) is 10.1 Å². The molecule has 0 radical (unpaired) electrons. The van der Waals surface area contributed by atoms with Crippen molar-refractivity contribution in [1.82, 2.24) is 0 Å². The van der Waals surface area contributed by atoms with Gasteiger partial charge in [-0.2, -0.15) is 0 Å². The van der Waals surface area contributed by atoms with Crippen molar-refractivity contribution in [2.75, 3.05) is 0 Å². The summed E-state index contributed by atoms with van der Waals surface area (Å²) in [6.45, 7) is 0. The van der Waals surface area contributed by atoms with Crippen LogP contribution in [0.25, 0.3) is 10.1 Å². The van der Waals surface area contributed by atoms with Crippen molar-refractivity contribution in [2.45, 2.75) is 12.5 Å². The van der Waals surface area contributed by atoms with E-state index in [4.69, 9.17) is 11.6 Å². The van der Waals surface area contributed by atoms with Crippen LogP contribution < -0.4 is 0 Å². The standard InChI is InChI=1S/C16H11ClF2OS/c17-12-3-1-2-10(16(12)19)6-13(20)15-7-9-4-5-11(18)8-14(9)21-15/h1-5,7-8,13,20H,6H2. The zero-order chi connectivity index (χ0) is 15.0. The van der Waals surface area contributed by atoms with Gasteiger partial charge in [-0.3, -0.25) is 0 Å². The topological polar surface area (TPSA) is 20.2 Å². The molecule has 0 aliphatic carbocycles. The molecule has 1 atom stereocenters. The lowest BCUT2D eigenvalue weighted by Gasteiger charge is -2.09. The van der Waals surface area contributed by atoms with Gasteiger partial charge in [-0.05, 0) is 35.2 Å². The summed E-state index contributed by atoms with van der Waals surface area (Å²) < 4.78 is 27.8. The van der Waals surface area contributed by atoms with Crippen LogP contribution in [0, 0.1) is 11.6 Å². The number of thiophene rings is 1. The molecule has 0 bridgehead atoms. The summed E-state index contributed by atoms with van der Waals surface area (Å²) >= 11 is 7.03. The van der Waals surface area contributed by atoms with E-state index in [0.29, 0.717) is 10.4 Å². The Bertz CT molecular complexity index is 800. The molecule has 2 aromatic carbocycles. The smallest absolute Gasteiger partial charge is 0.145 e. The molecule has 1 heterocycles. The highest BCUT2D eigenvalue weighted by Gasteiger charge is 2.16. The predicted octanol–water partition coefficient (Wildman–Crippen LogP) is 5.11. The maximum absolute atomic E-state index is 13.8. The molecule has 3 rings (SSSR count). The highest BCUT2D eigenvalue weighted by Crippen LogP contribution is 2.32. The van der Waals surface area contributed by atoms with Crippen LogP contribution in [0.5, 0.6) is 0 Å². The number of benzene rings is 2. The SMILES string of the molecule is OC(Cc1cccc(Cl)c1F)c1cc2ccc(F)cc2s1. The Morgan fingerprint density at radius 1 is 1.14 bits per heavy atom. The summed E-state index contributed by atoms with van der Waals surface area (Å²) in [5, 5.41) is 11.2. The second kappa shape index (κ2) is 5.72. The van der Waals surface area contributed by atoms with E-state index in [9.17, 15) is 13.9 Å². The molecule has 1 N–H and O–H groups in total. The third kappa shape index (κ3) is 2.93. The lowest BCUT2D eigenvalue weighted by atomic mass is 10.1. The molecule has 0 amide bonds. The Balaban J connectivity index is 1.89. The van der Waals surface area contributed by atoms with Gasteiger partial charge < -0.3 is 5.11 Å². The van der Waals surface area contributed by atoms with Crippen molar-refractivity contribution in [3.63, 3.8) is 0 Å². The average molecular weight is 325 g/mol. The van der Waals surface area contributed by atoms with E-state index in [1.54, 1.807) is 24.3 Å². The Morgan fingerprint density at radius 2 is 1.95 bits per heavy atom. The van der Waals surface area contributed by atoms with Crippen LogP contribution in [0.1, 0.15) is 16.5 Å². The van der Waals surface area contributed by atoms with Crippen molar-refractivity contribution in [3.05, 3.63) is 69.6 Å². The minimum absolute atomic E-state index is 0.0399. The number of aliphatic hydroxyl groups excluding tert-OH is 1. The van der Waals surface area contributed by atoms with Gasteiger partial charge in [-0.15, -0.1) is 11.3 Å². The summed E-state index contributed by atoms with van der Waals surface area (Å²) in [5.41, 5.74) is 0.360. The fraction of sp³-hybridized carbons (Fsp3) is 0.125. The molecule has 0 fully saturated rings. The minimum atomic E-state index is -0.849. The molecule has 21 heavy (non-hydrogen) atoms. The Kier molecular flexibility index (Phi) is 3.93. The van der Waals surface area contributed by atoms with E-state index in [-0.39, 0.29) is 17.3 Å². The maximum Gasteiger partial charge on any atom is 0.145 e. The Hall–Kier alpha value is -1.49. The lowest BCUT2D eigenvalue weighted by molar-refractivity contribution is 0.181. The van der Waals surface area contributed by atoms with Crippen LogP contribution in [0.4, 0.5) is 8.78 Å². The number of hydrogen-bond acceptors (Lipinski definition) is 2. The Labute approximate surface area is 129 Å². The largest absolute Gasteiger partial charge is 0.387 e. The summed E-state index contributed by atoms with van der Waals surface area (Å²) in [6, 6.07) is 11.0. The number of aliphatic hydroxyl groups is 1. The van der Waals surface area contributed by atoms with Crippen molar-refractivity contribution < 1.29 is 13.9 Å². The maximum atomic E-state index is 13.8. The molecule has 0 spiro atoms. The van der Waals surface area contributed by atoms with Crippen LogP contribution in [-0.4, -0.2) is 5.11 Å². The molecular weight excluding hydrogens is 314 g/mol. The molecule has 3 aromatic rings. The van der Waals surface area contributed by atoms with Gasteiger partial charge in [-0.25, -0.2) is 8.78 Å². The first-order valence-corrected chi connectivity index (χ1v) is 7.54. The third-order valence-electron chi connectivity index (χ3n) is 3.27. The number of rotatable bonds is 3. The van der Waals surface area contributed by atoms with Crippen LogP contribution in [-0.2, 0) is 6.42 Å². The number of fused-ring (bicyclic) bond motifs is 1. The summed E-state index contributed by atoms with van der Waals surface area (Å²) in [6.07, 6.45) is -0.722. The second-order valence-corrected chi connectivity index (χ2v) is 6.29. The second-order valence-electron chi connectivity index (χ2n) is 4.76. The van der Waals surface area contributed by atoms with Crippen LogP contribution in [0.15, 0.2) is 42.5 Å². The molecule has 1 unspecified atom stereocenters. The van der Waals surface area contributed by atoms with Crippen molar-refractivity contribution in [3.8, 4) is 0 Å². The van der Waals surface area contributed by atoms with Crippen LogP contribution >= 0.6 is 22.9 Å². The molecular formula is C16H11ClF2OS. The first kappa shape index (κ1) is 14.4. The van der Waals surface area contributed by atoms with Gasteiger partial charge in [0.1, 0.15) is 11.6 Å². The molecule has 108 valence electrons. The lowest BCUT2D eigenvalue weighted by Crippen LogP contribution is -2.02. The van der Waals surface area contributed by atoms with Gasteiger partial charge in [0, 0.05) is 16.0 Å². The van der Waals surface area contributed by atoms with E-state index in [1.807, 2.05) is 0 Å². The molecule has 1 nitrogen and oxygen atoms in total. The third-order valence-corrected chi connectivity index (χ3v) is 4.77. The van der Waals surface area contributed by atoms with Gasteiger partial charge in [0.15, 0.2) is 0 Å². The van der Waals surface area contributed by atoms with Crippen molar-refractivity contribution in [2.24, 2.45) is 0 Å². The first-order valence-electron chi connectivity index (χ1n) is 6.34. The molecule has 0 aliphatic heterocycles. The minimum Gasteiger partial charge on any atom is -0.387 e. The highest BCUT2D eigenvalue weighted by atomic mass is 35.5. The van der Waals surface area contributed by atoms with Crippen molar-refractivity contribution >= 4 is 33.0 Å². The van der Waals surface area contributed by atoms with E-state index >= 15 is 0 Å². The van der Waals surface area contributed by atoms with Crippen molar-refractivity contribution in [1.29, 1.82) is 0 Å². The van der Waals surface area contributed by atoms with Gasteiger partial charge in [0.25, 0.3) is 0 Å². The van der Waals surface area contributed by atoms with Crippen LogP contribution in [0.2, 0.25) is 5.02 Å². The molecule has 5 heteroatoms. The molecule has 1 aromatic heterocycles. The quantitative estimate of drug-likeness (QED) is 0.710. The van der Waals surface area contributed by atoms with E-state index in [1.165, 1.54) is 29.5 Å². The predicted molar refractivity (Wildman–Crippen MR) is 81.9 cm³/mol. The first-order chi connectivity index (χ1) is 10.0. The summed E-state index contributed by atoms with van der Waals surface area (Å²) in [4.78, 5) is 0.676. The van der Waals surface area contributed by atoms with Gasteiger partial charge in [0.2, 0.25) is 0 Å².